The van der Waals surface area contributed by atoms with Crippen LogP contribution in [0, 0.1) is 0 Å². The largest absolute Gasteiger partial charge is 0.416 e. The number of carbonyl (C=O) groups excluding carboxylic acids is 1. The third kappa shape index (κ3) is 4.21. The number of anilines is 1. The van der Waals surface area contributed by atoms with Crippen molar-refractivity contribution in [3.05, 3.63) is 65.5 Å². The van der Waals surface area contributed by atoms with Crippen LogP contribution in [-0.2, 0) is 23.1 Å². The van der Waals surface area contributed by atoms with Crippen molar-refractivity contribution in [2.75, 3.05) is 10.7 Å². The zero-order chi connectivity index (χ0) is 21.3. The van der Waals surface area contributed by atoms with Gasteiger partial charge in [0.05, 0.1) is 17.1 Å². The molecule has 9 heteroatoms. The first-order valence-corrected chi connectivity index (χ1v) is 10.5. The van der Waals surface area contributed by atoms with Gasteiger partial charge in [-0.2, -0.15) is 18.2 Å². The number of hydrogen-bond acceptors (Lipinski definition) is 5. The molecule has 2 heterocycles. The molecular formula is C21H18F3N3O2S. The van der Waals surface area contributed by atoms with Crippen molar-refractivity contribution in [3.63, 3.8) is 0 Å². The lowest BCUT2D eigenvalue weighted by atomic mass is 10.1. The van der Waals surface area contributed by atoms with Crippen LogP contribution >= 0.6 is 11.8 Å². The summed E-state index contributed by atoms with van der Waals surface area (Å²) in [5.41, 5.74) is 1.56. The molecule has 1 aliphatic heterocycles. The molecule has 4 rings (SSSR count). The van der Waals surface area contributed by atoms with Crippen molar-refractivity contribution < 1.29 is 22.5 Å². The van der Waals surface area contributed by atoms with Crippen LogP contribution < -0.4 is 4.90 Å². The van der Waals surface area contributed by atoms with Gasteiger partial charge in [-0.25, -0.2) is 0 Å². The molecule has 0 fully saturated rings. The highest BCUT2D eigenvalue weighted by atomic mass is 32.2. The van der Waals surface area contributed by atoms with Gasteiger partial charge in [-0.1, -0.05) is 35.5 Å². The summed E-state index contributed by atoms with van der Waals surface area (Å²) >= 11 is 1.33. The topological polar surface area (TPSA) is 59.2 Å². The van der Waals surface area contributed by atoms with Gasteiger partial charge < -0.3 is 9.42 Å². The van der Waals surface area contributed by atoms with Gasteiger partial charge in [0.25, 0.3) is 0 Å². The molecule has 0 unspecified atom stereocenters. The lowest BCUT2D eigenvalue weighted by Gasteiger charge is -2.22. The van der Waals surface area contributed by atoms with E-state index in [0.29, 0.717) is 5.75 Å². The van der Waals surface area contributed by atoms with E-state index in [1.54, 1.807) is 0 Å². The Morgan fingerprint density at radius 2 is 2.03 bits per heavy atom. The fraction of sp³-hybridized carbons (Fsp3) is 0.286. The fourth-order valence-corrected chi connectivity index (χ4v) is 4.21. The SMILES string of the molecule is C[C@@H]1Cc2ccccc2N1C(=O)CSCc1nc(-c2cccc(C(F)(F)F)c2)no1. The van der Waals surface area contributed by atoms with Crippen LogP contribution in [0.1, 0.15) is 23.9 Å². The van der Waals surface area contributed by atoms with E-state index in [9.17, 15) is 18.0 Å². The van der Waals surface area contributed by atoms with Crippen LogP contribution in [0.3, 0.4) is 0 Å². The molecule has 0 spiro atoms. The van der Waals surface area contributed by atoms with E-state index in [2.05, 4.69) is 10.1 Å². The highest BCUT2D eigenvalue weighted by Gasteiger charge is 2.31. The molecule has 0 saturated heterocycles. The molecule has 0 bridgehead atoms. The summed E-state index contributed by atoms with van der Waals surface area (Å²) in [4.78, 5) is 18.7. The lowest BCUT2D eigenvalue weighted by Crippen LogP contribution is -2.37. The summed E-state index contributed by atoms with van der Waals surface area (Å²) in [5, 5.41) is 3.76. The second-order valence-electron chi connectivity index (χ2n) is 7.03. The minimum Gasteiger partial charge on any atom is -0.338 e. The lowest BCUT2D eigenvalue weighted by molar-refractivity contribution is -0.137. The van der Waals surface area contributed by atoms with E-state index in [1.165, 1.54) is 23.9 Å². The van der Waals surface area contributed by atoms with Crippen molar-refractivity contribution in [3.8, 4) is 11.4 Å². The van der Waals surface area contributed by atoms with Crippen LogP contribution in [0.15, 0.2) is 53.1 Å². The highest BCUT2D eigenvalue weighted by Crippen LogP contribution is 2.33. The molecule has 3 aromatic rings. The molecule has 0 radical (unpaired) electrons. The van der Waals surface area contributed by atoms with Gasteiger partial charge in [0, 0.05) is 17.3 Å². The summed E-state index contributed by atoms with van der Waals surface area (Å²) in [7, 11) is 0. The number of amides is 1. The maximum atomic E-state index is 12.9. The Kier molecular flexibility index (Phi) is 5.55. The number of rotatable bonds is 5. The van der Waals surface area contributed by atoms with Gasteiger partial charge in [0.15, 0.2) is 0 Å². The zero-order valence-electron chi connectivity index (χ0n) is 16.0. The van der Waals surface area contributed by atoms with Crippen LogP contribution in [0.25, 0.3) is 11.4 Å². The maximum Gasteiger partial charge on any atom is 0.416 e. The predicted molar refractivity (Wildman–Crippen MR) is 108 cm³/mol. The van der Waals surface area contributed by atoms with E-state index >= 15 is 0 Å². The van der Waals surface area contributed by atoms with Gasteiger partial charge in [-0.15, -0.1) is 11.8 Å². The number of para-hydroxylation sites is 1. The van der Waals surface area contributed by atoms with Gasteiger partial charge in [-0.05, 0) is 37.1 Å². The third-order valence-electron chi connectivity index (χ3n) is 4.84. The Morgan fingerprint density at radius 1 is 1.23 bits per heavy atom. The van der Waals surface area contributed by atoms with Gasteiger partial charge in [-0.3, -0.25) is 4.79 Å². The molecule has 2 aromatic carbocycles. The van der Waals surface area contributed by atoms with Crippen LogP contribution in [0.5, 0.6) is 0 Å². The van der Waals surface area contributed by atoms with Crippen molar-refractivity contribution in [1.82, 2.24) is 10.1 Å². The molecule has 1 aliphatic rings. The number of thioether (sulfide) groups is 1. The Morgan fingerprint density at radius 3 is 2.83 bits per heavy atom. The third-order valence-corrected chi connectivity index (χ3v) is 5.75. The summed E-state index contributed by atoms with van der Waals surface area (Å²) in [6.07, 6.45) is -3.61. The first kappa shape index (κ1) is 20.5. The van der Waals surface area contributed by atoms with E-state index in [4.69, 9.17) is 4.52 Å². The molecule has 156 valence electrons. The molecule has 5 nitrogen and oxygen atoms in total. The van der Waals surface area contributed by atoms with E-state index in [-0.39, 0.29) is 35.0 Å². The van der Waals surface area contributed by atoms with Crippen molar-refractivity contribution in [2.24, 2.45) is 0 Å². The standard InChI is InChI=1S/C21H18F3N3O2S/c1-13-9-14-5-2-3-8-17(14)27(13)19(28)12-30-11-18-25-20(26-29-18)15-6-4-7-16(10-15)21(22,23)24/h2-8,10,13H,9,11-12H2,1H3/t13-/m1/s1. The molecule has 1 atom stereocenters. The number of alkyl halides is 3. The number of benzene rings is 2. The number of fused-ring (bicyclic) bond motifs is 1. The molecule has 0 aliphatic carbocycles. The second-order valence-corrected chi connectivity index (χ2v) is 8.01. The summed E-state index contributed by atoms with van der Waals surface area (Å²) in [6.45, 7) is 2.02. The van der Waals surface area contributed by atoms with E-state index < -0.39 is 11.7 Å². The molecule has 0 saturated carbocycles. The molecular weight excluding hydrogens is 415 g/mol. The summed E-state index contributed by atoms with van der Waals surface area (Å²) in [5.74, 6) is 0.872. The normalized spacial score (nSPS) is 16.0. The van der Waals surface area contributed by atoms with Gasteiger partial charge >= 0.3 is 6.18 Å². The minimum atomic E-state index is -4.44. The first-order chi connectivity index (χ1) is 14.3. The Hall–Kier alpha value is -2.81. The second kappa shape index (κ2) is 8.14. The van der Waals surface area contributed by atoms with Crippen LogP contribution in [-0.4, -0.2) is 27.8 Å². The van der Waals surface area contributed by atoms with Crippen molar-refractivity contribution in [1.29, 1.82) is 0 Å². The Labute approximate surface area is 175 Å². The Balaban J connectivity index is 1.37. The molecule has 1 aromatic heterocycles. The fourth-order valence-electron chi connectivity index (χ4n) is 3.51. The Bertz CT molecular complexity index is 1070. The van der Waals surface area contributed by atoms with E-state index in [0.717, 1.165) is 29.8 Å². The van der Waals surface area contributed by atoms with E-state index in [1.807, 2.05) is 36.1 Å². The molecule has 0 N–H and O–H groups in total. The predicted octanol–water partition coefficient (Wildman–Crippen LogP) is 4.97. The number of aromatic nitrogens is 2. The summed E-state index contributed by atoms with van der Waals surface area (Å²) in [6, 6.07) is 12.7. The first-order valence-electron chi connectivity index (χ1n) is 9.31. The van der Waals surface area contributed by atoms with Crippen molar-refractivity contribution >= 4 is 23.4 Å². The molecule has 1 amide bonds. The molecule has 30 heavy (non-hydrogen) atoms. The average Bonchev–Trinajstić information content (AvgIpc) is 3.31. The minimum absolute atomic E-state index is 0.00457. The number of halogens is 3. The summed E-state index contributed by atoms with van der Waals surface area (Å²) < 4.78 is 43.8. The van der Waals surface area contributed by atoms with Crippen LogP contribution in [0.4, 0.5) is 18.9 Å². The monoisotopic (exact) mass is 433 g/mol. The van der Waals surface area contributed by atoms with Gasteiger partial charge in [0.1, 0.15) is 0 Å². The quantitative estimate of drug-likeness (QED) is 0.569. The number of nitrogens with zero attached hydrogens (tertiary/aromatic N) is 3. The van der Waals surface area contributed by atoms with Gasteiger partial charge in [0.2, 0.25) is 17.6 Å². The highest BCUT2D eigenvalue weighted by molar-refractivity contribution is 7.99. The number of carbonyl (C=O) groups is 1. The average molecular weight is 433 g/mol. The smallest absolute Gasteiger partial charge is 0.338 e. The van der Waals surface area contributed by atoms with Crippen molar-refractivity contribution in [2.45, 2.75) is 31.3 Å². The van der Waals surface area contributed by atoms with Crippen LogP contribution in [0.2, 0.25) is 0 Å². The maximum absolute atomic E-state index is 12.9. The number of hydrogen-bond donors (Lipinski definition) is 0. The zero-order valence-corrected chi connectivity index (χ0v) is 16.8.